The standard InChI is InChI=1S/C17H21FN2O.C10H12.CH4O/c18-16-5-12(9-21)1-2-13(16)8-20-10-17(11-20)6-15(7-17)19-14-3-4-14;1-2-3-7-10-8-5-4-6-9-10;1-2/h1-2,5,9,14-15,19H,3-4,6-8,10-11H2;3-9H,2H2,1H3;2H,1H3/b;7-3-;. The van der Waals surface area contributed by atoms with Crippen molar-refractivity contribution < 1.29 is 14.3 Å². The largest absolute Gasteiger partial charge is 0.400 e. The van der Waals surface area contributed by atoms with Crippen LogP contribution in [0.3, 0.4) is 0 Å². The second-order valence-electron chi connectivity index (χ2n) is 9.38. The molecule has 2 aromatic rings. The Morgan fingerprint density at radius 2 is 1.76 bits per heavy atom. The number of carbonyl (C=O) groups is 1. The number of hydrogen-bond acceptors (Lipinski definition) is 4. The van der Waals surface area contributed by atoms with Crippen molar-refractivity contribution in [1.82, 2.24) is 10.2 Å². The highest BCUT2D eigenvalue weighted by Gasteiger charge is 2.52. The van der Waals surface area contributed by atoms with Gasteiger partial charge in [0, 0.05) is 50.0 Å². The Kier molecular flexibility index (Phi) is 9.36. The molecule has 3 fully saturated rings. The maximum absolute atomic E-state index is 13.9. The lowest BCUT2D eigenvalue weighted by atomic mass is 9.60. The van der Waals surface area contributed by atoms with E-state index >= 15 is 0 Å². The third-order valence-electron chi connectivity index (χ3n) is 6.48. The molecule has 0 amide bonds. The predicted molar refractivity (Wildman–Crippen MR) is 133 cm³/mol. The number of carbonyl (C=O) groups excluding carboxylic acids is 1. The van der Waals surface area contributed by atoms with Crippen molar-refractivity contribution in [3.8, 4) is 0 Å². The molecule has 1 aliphatic heterocycles. The van der Waals surface area contributed by atoms with Crippen molar-refractivity contribution in [3.63, 3.8) is 0 Å². The summed E-state index contributed by atoms with van der Waals surface area (Å²) in [6.45, 7) is 4.97. The van der Waals surface area contributed by atoms with Gasteiger partial charge in [0.25, 0.3) is 0 Å². The van der Waals surface area contributed by atoms with Crippen LogP contribution in [0, 0.1) is 11.2 Å². The van der Waals surface area contributed by atoms with Crippen LogP contribution >= 0.6 is 0 Å². The van der Waals surface area contributed by atoms with Crippen LogP contribution < -0.4 is 5.32 Å². The Labute approximate surface area is 197 Å². The molecule has 0 aromatic heterocycles. The Bertz CT molecular complexity index is 897. The molecule has 5 heteroatoms. The van der Waals surface area contributed by atoms with Crippen LogP contribution in [-0.2, 0) is 6.54 Å². The Balaban J connectivity index is 0.000000216. The monoisotopic (exact) mass is 452 g/mol. The molecule has 3 aliphatic rings. The molecule has 2 aromatic carbocycles. The summed E-state index contributed by atoms with van der Waals surface area (Å²) in [6.07, 6.45) is 11.4. The number of nitrogens with zero attached hydrogens (tertiary/aromatic N) is 1. The minimum Gasteiger partial charge on any atom is -0.400 e. The van der Waals surface area contributed by atoms with Gasteiger partial charge in [0.1, 0.15) is 12.1 Å². The molecule has 33 heavy (non-hydrogen) atoms. The molecule has 2 N–H and O–H groups in total. The van der Waals surface area contributed by atoms with Gasteiger partial charge in [0.05, 0.1) is 0 Å². The fraction of sp³-hybridized carbons (Fsp3) is 0.464. The van der Waals surface area contributed by atoms with E-state index < -0.39 is 0 Å². The van der Waals surface area contributed by atoms with Gasteiger partial charge in [0.2, 0.25) is 0 Å². The summed E-state index contributed by atoms with van der Waals surface area (Å²) >= 11 is 0. The van der Waals surface area contributed by atoms with Gasteiger partial charge in [-0.05, 0) is 49.1 Å². The second-order valence-corrected chi connectivity index (χ2v) is 9.38. The van der Waals surface area contributed by atoms with Crippen molar-refractivity contribution in [2.45, 2.75) is 57.7 Å². The Hall–Kier alpha value is -2.34. The maximum Gasteiger partial charge on any atom is 0.150 e. The summed E-state index contributed by atoms with van der Waals surface area (Å²) < 4.78 is 13.9. The third-order valence-corrected chi connectivity index (χ3v) is 6.48. The molecule has 4 nitrogen and oxygen atoms in total. The van der Waals surface area contributed by atoms with E-state index in [1.54, 1.807) is 12.1 Å². The first-order valence-electron chi connectivity index (χ1n) is 12.0. The molecule has 1 heterocycles. The summed E-state index contributed by atoms with van der Waals surface area (Å²) in [5.41, 5.74) is 2.89. The van der Waals surface area contributed by atoms with Crippen molar-refractivity contribution in [2.24, 2.45) is 5.41 Å². The van der Waals surface area contributed by atoms with Crippen LogP contribution in [0.2, 0.25) is 0 Å². The van der Waals surface area contributed by atoms with Crippen LogP contribution in [0.1, 0.15) is 60.5 Å². The van der Waals surface area contributed by atoms with E-state index in [-0.39, 0.29) is 5.82 Å². The molecular formula is C28H37FN2O2. The van der Waals surface area contributed by atoms with Crippen molar-refractivity contribution in [3.05, 3.63) is 77.1 Å². The van der Waals surface area contributed by atoms with Gasteiger partial charge in [-0.25, -0.2) is 4.39 Å². The molecule has 5 rings (SSSR count). The van der Waals surface area contributed by atoms with E-state index in [0.717, 1.165) is 38.7 Å². The van der Waals surface area contributed by atoms with Crippen molar-refractivity contribution >= 4 is 12.4 Å². The molecule has 0 bridgehead atoms. The van der Waals surface area contributed by atoms with Crippen LogP contribution in [-0.4, -0.2) is 48.6 Å². The van der Waals surface area contributed by atoms with Gasteiger partial charge >= 0.3 is 0 Å². The number of aliphatic hydroxyl groups is 1. The highest BCUT2D eigenvalue weighted by molar-refractivity contribution is 5.74. The molecule has 0 atom stereocenters. The first-order chi connectivity index (χ1) is 16.1. The summed E-state index contributed by atoms with van der Waals surface area (Å²) in [7, 11) is 1.00. The molecule has 0 unspecified atom stereocenters. The number of halogens is 1. The van der Waals surface area contributed by atoms with E-state index in [9.17, 15) is 9.18 Å². The molecule has 1 spiro atoms. The number of aliphatic hydroxyl groups excluding tert-OH is 1. The first kappa shape index (κ1) is 25.3. The zero-order valence-corrected chi connectivity index (χ0v) is 19.8. The lowest BCUT2D eigenvalue weighted by molar-refractivity contribution is -0.0836. The molecule has 2 aliphatic carbocycles. The summed E-state index contributed by atoms with van der Waals surface area (Å²) in [5.74, 6) is -0.262. The molecule has 1 saturated heterocycles. The summed E-state index contributed by atoms with van der Waals surface area (Å²) in [4.78, 5) is 12.9. The highest BCUT2D eigenvalue weighted by atomic mass is 19.1. The molecule has 2 saturated carbocycles. The number of allylic oxidation sites excluding steroid dienone is 1. The minimum absolute atomic E-state index is 0.262. The van der Waals surface area contributed by atoms with Crippen LogP contribution in [0.4, 0.5) is 4.39 Å². The van der Waals surface area contributed by atoms with E-state index in [1.165, 1.54) is 37.3 Å². The van der Waals surface area contributed by atoms with Crippen molar-refractivity contribution in [2.75, 3.05) is 20.2 Å². The quantitative estimate of drug-likeness (QED) is 0.576. The van der Waals surface area contributed by atoms with Gasteiger partial charge in [0.15, 0.2) is 0 Å². The number of nitrogens with one attached hydrogen (secondary N) is 1. The highest BCUT2D eigenvalue weighted by Crippen LogP contribution is 2.49. The van der Waals surface area contributed by atoms with E-state index in [4.69, 9.17) is 5.11 Å². The zero-order valence-electron chi connectivity index (χ0n) is 19.8. The topological polar surface area (TPSA) is 52.6 Å². The van der Waals surface area contributed by atoms with Gasteiger partial charge in [-0.2, -0.15) is 0 Å². The number of rotatable bonds is 7. The SMILES string of the molecule is CC/C=C\c1ccccc1.CO.O=Cc1ccc(CN2CC3(CC(NC4CC4)C3)C2)c(F)c1. The van der Waals surface area contributed by atoms with E-state index in [2.05, 4.69) is 53.6 Å². The van der Waals surface area contributed by atoms with Crippen LogP contribution in [0.25, 0.3) is 6.08 Å². The molecule has 178 valence electrons. The number of hydrogen-bond donors (Lipinski definition) is 2. The lowest BCUT2D eigenvalue weighted by Gasteiger charge is -2.59. The summed E-state index contributed by atoms with van der Waals surface area (Å²) in [6, 6.07) is 16.6. The fourth-order valence-electron chi connectivity index (χ4n) is 4.78. The fourth-order valence-corrected chi connectivity index (χ4v) is 4.78. The van der Waals surface area contributed by atoms with Crippen LogP contribution in [0.15, 0.2) is 54.6 Å². The Morgan fingerprint density at radius 3 is 2.33 bits per heavy atom. The van der Waals surface area contributed by atoms with Crippen molar-refractivity contribution in [1.29, 1.82) is 0 Å². The molecular weight excluding hydrogens is 415 g/mol. The van der Waals surface area contributed by atoms with Crippen LogP contribution in [0.5, 0.6) is 0 Å². The average Bonchev–Trinajstić information content (AvgIpc) is 3.62. The van der Waals surface area contributed by atoms with Gasteiger partial charge < -0.3 is 10.4 Å². The lowest BCUT2D eigenvalue weighted by Crippen LogP contribution is -2.65. The van der Waals surface area contributed by atoms with Gasteiger partial charge in [-0.15, -0.1) is 0 Å². The molecule has 0 radical (unpaired) electrons. The maximum atomic E-state index is 13.9. The third kappa shape index (κ3) is 7.32. The number of likely N-dealkylation sites (tertiary alicyclic amines) is 1. The normalized spacial score (nSPS) is 19.0. The second kappa shape index (κ2) is 12.2. The first-order valence-corrected chi connectivity index (χ1v) is 12.0. The minimum atomic E-state index is -0.262. The number of benzene rings is 2. The van der Waals surface area contributed by atoms with E-state index in [0.29, 0.717) is 29.4 Å². The van der Waals surface area contributed by atoms with E-state index in [1.807, 2.05) is 6.07 Å². The predicted octanol–water partition coefficient (Wildman–Crippen LogP) is 5.07. The smallest absolute Gasteiger partial charge is 0.150 e. The Morgan fingerprint density at radius 1 is 1.06 bits per heavy atom. The van der Waals surface area contributed by atoms with Gasteiger partial charge in [-0.1, -0.05) is 61.5 Å². The summed E-state index contributed by atoms with van der Waals surface area (Å²) in [5, 5.41) is 10.7. The van der Waals surface area contributed by atoms with Gasteiger partial charge in [-0.3, -0.25) is 9.69 Å². The number of aldehydes is 1. The average molecular weight is 453 g/mol. The zero-order chi connectivity index (χ0) is 23.7.